The fourth-order valence-corrected chi connectivity index (χ4v) is 2.09. The smallest absolute Gasteiger partial charge is 0.377 e. The number of hydrogen-bond donors (Lipinski definition) is 1. The summed E-state index contributed by atoms with van der Waals surface area (Å²) in [4.78, 5) is 1.71. The molecule has 96 valence electrons. The standard InChI is InChI=1S/C10H19F3N2O/c1-7-9(3-4-16-7)15(2)6-8(5-14)10(11,12)13/h7-9H,3-6,14H2,1-2H3. The minimum absolute atomic E-state index is 0.00309. The minimum atomic E-state index is -4.22. The Kier molecular flexibility index (Phi) is 4.58. The second-order valence-electron chi connectivity index (χ2n) is 4.35. The quantitative estimate of drug-likeness (QED) is 0.803. The Hall–Kier alpha value is -0.330. The maximum atomic E-state index is 12.5. The first-order valence-electron chi connectivity index (χ1n) is 5.45. The lowest BCUT2D eigenvalue weighted by atomic mass is 10.1. The molecule has 2 N–H and O–H groups in total. The van der Waals surface area contributed by atoms with Crippen molar-refractivity contribution in [3.8, 4) is 0 Å². The molecular formula is C10H19F3N2O. The SMILES string of the molecule is CC1OCCC1N(C)CC(CN)C(F)(F)F. The van der Waals surface area contributed by atoms with Crippen LogP contribution in [-0.2, 0) is 4.74 Å². The first kappa shape index (κ1) is 13.7. The van der Waals surface area contributed by atoms with E-state index in [4.69, 9.17) is 10.5 Å². The molecule has 0 spiro atoms. The summed E-state index contributed by atoms with van der Waals surface area (Å²) in [5.41, 5.74) is 5.16. The Balaban J connectivity index is 2.51. The number of hydrogen-bond acceptors (Lipinski definition) is 3. The van der Waals surface area contributed by atoms with Gasteiger partial charge in [-0.15, -0.1) is 0 Å². The number of ether oxygens (including phenoxy) is 1. The van der Waals surface area contributed by atoms with E-state index in [0.717, 1.165) is 6.42 Å². The van der Waals surface area contributed by atoms with E-state index >= 15 is 0 Å². The second-order valence-corrected chi connectivity index (χ2v) is 4.35. The van der Waals surface area contributed by atoms with Crippen LogP contribution in [0.15, 0.2) is 0 Å². The molecule has 1 aliphatic rings. The van der Waals surface area contributed by atoms with Gasteiger partial charge < -0.3 is 15.4 Å². The summed E-state index contributed by atoms with van der Waals surface area (Å²) in [6, 6.07) is 0.0661. The van der Waals surface area contributed by atoms with Crippen molar-refractivity contribution in [1.29, 1.82) is 0 Å². The van der Waals surface area contributed by atoms with Gasteiger partial charge in [0.15, 0.2) is 0 Å². The summed E-state index contributed by atoms with van der Waals surface area (Å²) >= 11 is 0. The number of likely N-dealkylation sites (N-methyl/N-ethyl adjacent to an activating group) is 1. The Morgan fingerprint density at radius 1 is 1.50 bits per heavy atom. The summed E-state index contributed by atoms with van der Waals surface area (Å²) < 4.78 is 42.9. The molecule has 0 aromatic carbocycles. The second kappa shape index (κ2) is 5.33. The minimum Gasteiger partial charge on any atom is -0.377 e. The van der Waals surface area contributed by atoms with Gasteiger partial charge in [-0.1, -0.05) is 0 Å². The summed E-state index contributed by atoms with van der Waals surface area (Å²) in [6.07, 6.45) is -3.44. The molecule has 6 heteroatoms. The topological polar surface area (TPSA) is 38.5 Å². The largest absolute Gasteiger partial charge is 0.394 e. The molecule has 3 nitrogen and oxygen atoms in total. The molecule has 0 aromatic heterocycles. The van der Waals surface area contributed by atoms with Crippen LogP contribution >= 0.6 is 0 Å². The van der Waals surface area contributed by atoms with Crippen LogP contribution in [0.25, 0.3) is 0 Å². The van der Waals surface area contributed by atoms with E-state index in [0.29, 0.717) is 6.61 Å². The Labute approximate surface area is 93.7 Å². The van der Waals surface area contributed by atoms with Crippen molar-refractivity contribution in [3.63, 3.8) is 0 Å². The molecule has 0 saturated carbocycles. The van der Waals surface area contributed by atoms with E-state index in [1.165, 1.54) is 0 Å². The van der Waals surface area contributed by atoms with Crippen molar-refractivity contribution in [2.45, 2.75) is 31.7 Å². The van der Waals surface area contributed by atoms with Gasteiger partial charge in [0.1, 0.15) is 0 Å². The van der Waals surface area contributed by atoms with E-state index in [-0.39, 0.29) is 25.2 Å². The highest BCUT2D eigenvalue weighted by molar-refractivity contribution is 4.83. The van der Waals surface area contributed by atoms with Gasteiger partial charge in [0.2, 0.25) is 0 Å². The first-order chi connectivity index (χ1) is 7.36. The molecule has 3 atom stereocenters. The lowest BCUT2D eigenvalue weighted by Gasteiger charge is -2.30. The molecule has 1 rings (SSSR count). The molecule has 1 saturated heterocycles. The van der Waals surface area contributed by atoms with Crippen LogP contribution < -0.4 is 5.73 Å². The van der Waals surface area contributed by atoms with Crippen molar-refractivity contribution in [2.75, 3.05) is 26.7 Å². The Bertz CT molecular complexity index is 223. The summed E-state index contributed by atoms with van der Waals surface area (Å²) in [6.45, 7) is 2.09. The Morgan fingerprint density at radius 3 is 2.50 bits per heavy atom. The van der Waals surface area contributed by atoms with Crippen LogP contribution in [0.5, 0.6) is 0 Å². The average molecular weight is 240 g/mol. The van der Waals surface area contributed by atoms with Gasteiger partial charge in [-0.05, 0) is 20.4 Å². The highest BCUT2D eigenvalue weighted by Gasteiger charge is 2.40. The van der Waals surface area contributed by atoms with Crippen LogP contribution in [0.3, 0.4) is 0 Å². The van der Waals surface area contributed by atoms with E-state index in [1.807, 2.05) is 6.92 Å². The molecule has 16 heavy (non-hydrogen) atoms. The van der Waals surface area contributed by atoms with Crippen LogP contribution in [-0.4, -0.2) is 50.0 Å². The monoisotopic (exact) mass is 240 g/mol. The van der Waals surface area contributed by atoms with Gasteiger partial charge in [0.05, 0.1) is 12.0 Å². The van der Waals surface area contributed by atoms with Crippen LogP contribution in [0.1, 0.15) is 13.3 Å². The molecule has 0 bridgehead atoms. The third kappa shape index (κ3) is 3.33. The normalized spacial score (nSPS) is 28.7. The zero-order valence-corrected chi connectivity index (χ0v) is 9.63. The predicted molar refractivity (Wildman–Crippen MR) is 55.0 cm³/mol. The maximum Gasteiger partial charge on any atom is 0.394 e. The van der Waals surface area contributed by atoms with E-state index in [9.17, 15) is 13.2 Å². The lowest BCUT2D eigenvalue weighted by molar-refractivity contribution is -0.177. The molecule has 3 unspecified atom stereocenters. The number of alkyl halides is 3. The molecule has 1 aliphatic heterocycles. The lowest BCUT2D eigenvalue weighted by Crippen LogP contribution is -2.45. The highest BCUT2D eigenvalue weighted by atomic mass is 19.4. The predicted octanol–water partition coefficient (Wildman–Crippen LogP) is 1.23. The van der Waals surface area contributed by atoms with Crippen molar-refractivity contribution in [3.05, 3.63) is 0 Å². The average Bonchev–Trinajstić information content (AvgIpc) is 2.58. The molecule has 1 fully saturated rings. The van der Waals surface area contributed by atoms with E-state index < -0.39 is 12.1 Å². The Morgan fingerprint density at radius 2 is 2.12 bits per heavy atom. The molecular weight excluding hydrogens is 221 g/mol. The molecule has 0 amide bonds. The number of rotatable bonds is 4. The number of halogens is 3. The maximum absolute atomic E-state index is 12.5. The summed E-state index contributed by atoms with van der Waals surface area (Å²) in [7, 11) is 1.70. The molecule has 0 radical (unpaired) electrons. The van der Waals surface area contributed by atoms with Crippen molar-refractivity contribution < 1.29 is 17.9 Å². The van der Waals surface area contributed by atoms with Crippen LogP contribution in [0, 0.1) is 5.92 Å². The zero-order valence-electron chi connectivity index (χ0n) is 9.63. The van der Waals surface area contributed by atoms with Crippen molar-refractivity contribution in [2.24, 2.45) is 11.7 Å². The van der Waals surface area contributed by atoms with Gasteiger partial charge in [-0.3, -0.25) is 0 Å². The van der Waals surface area contributed by atoms with Gasteiger partial charge in [0, 0.05) is 25.7 Å². The number of nitrogens with two attached hydrogens (primary N) is 1. The summed E-state index contributed by atoms with van der Waals surface area (Å²) in [5.74, 6) is -1.45. The zero-order chi connectivity index (χ0) is 12.3. The van der Waals surface area contributed by atoms with Gasteiger partial charge in [0.25, 0.3) is 0 Å². The van der Waals surface area contributed by atoms with Crippen LogP contribution in [0.2, 0.25) is 0 Å². The molecule has 0 aliphatic carbocycles. The van der Waals surface area contributed by atoms with E-state index in [2.05, 4.69) is 0 Å². The van der Waals surface area contributed by atoms with Gasteiger partial charge >= 0.3 is 6.18 Å². The fourth-order valence-electron chi connectivity index (χ4n) is 2.09. The van der Waals surface area contributed by atoms with Crippen LogP contribution in [0.4, 0.5) is 13.2 Å². The van der Waals surface area contributed by atoms with Crippen molar-refractivity contribution >= 4 is 0 Å². The van der Waals surface area contributed by atoms with Gasteiger partial charge in [-0.25, -0.2) is 0 Å². The number of nitrogens with zero attached hydrogens (tertiary/aromatic N) is 1. The molecule has 0 aromatic rings. The molecule has 1 heterocycles. The summed E-state index contributed by atoms with van der Waals surface area (Å²) in [5, 5.41) is 0. The van der Waals surface area contributed by atoms with Crippen molar-refractivity contribution in [1.82, 2.24) is 4.90 Å². The third-order valence-corrected chi connectivity index (χ3v) is 3.16. The van der Waals surface area contributed by atoms with Gasteiger partial charge in [-0.2, -0.15) is 13.2 Å². The first-order valence-corrected chi connectivity index (χ1v) is 5.45. The third-order valence-electron chi connectivity index (χ3n) is 3.16. The van der Waals surface area contributed by atoms with E-state index in [1.54, 1.807) is 11.9 Å². The highest BCUT2D eigenvalue weighted by Crippen LogP contribution is 2.28. The fraction of sp³-hybridized carbons (Fsp3) is 1.00.